The number of ether oxygens (including phenoxy) is 1. The molecule has 0 unspecified atom stereocenters. The second-order valence-electron chi connectivity index (χ2n) is 7.08. The Morgan fingerprint density at radius 2 is 1.58 bits per heavy atom. The van der Waals surface area contributed by atoms with Gasteiger partial charge in [0.2, 0.25) is 0 Å². The minimum Gasteiger partial charge on any atom is -0.444 e. The van der Waals surface area contributed by atoms with Crippen molar-refractivity contribution in [3.63, 3.8) is 0 Å². The van der Waals surface area contributed by atoms with Crippen LogP contribution in [0, 0.1) is 11.8 Å². The molecule has 0 saturated heterocycles. The number of nitrogens with one attached hydrogen (secondary N) is 1. The first kappa shape index (κ1) is 18.2. The third-order valence-corrected chi connectivity index (χ3v) is 2.60. The summed E-state index contributed by atoms with van der Waals surface area (Å²) in [6, 6.07) is -0.253. The van der Waals surface area contributed by atoms with Crippen molar-refractivity contribution in [1.29, 1.82) is 0 Å². The van der Waals surface area contributed by atoms with Gasteiger partial charge in [0.25, 0.3) is 0 Å². The van der Waals surface area contributed by atoms with Crippen LogP contribution in [-0.4, -0.2) is 28.9 Å². The Hall–Kier alpha value is -0.770. The average Bonchev–Trinajstić information content (AvgIpc) is 2.11. The average molecular weight is 273 g/mol. The molecule has 19 heavy (non-hydrogen) atoms. The summed E-state index contributed by atoms with van der Waals surface area (Å²) in [6.45, 7) is 13.8. The molecule has 0 aromatic rings. The summed E-state index contributed by atoms with van der Waals surface area (Å²) in [7, 11) is 0. The number of aliphatic hydroxyl groups excluding tert-OH is 1. The lowest BCUT2D eigenvalue weighted by Gasteiger charge is -2.28. The summed E-state index contributed by atoms with van der Waals surface area (Å²) in [6.07, 6.45) is 0.427. The molecule has 114 valence electrons. The van der Waals surface area contributed by atoms with Gasteiger partial charge in [-0.3, -0.25) is 0 Å². The number of aliphatic hydroxyl groups is 1. The Bertz CT molecular complexity index is 269. The highest BCUT2D eigenvalue weighted by atomic mass is 16.6. The molecule has 0 heterocycles. The van der Waals surface area contributed by atoms with Crippen LogP contribution in [0.5, 0.6) is 0 Å². The summed E-state index contributed by atoms with van der Waals surface area (Å²) in [5.74, 6) is 0.798. The summed E-state index contributed by atoms with van der Waals surface area (Å²) in [5.41, 5.74) is -0.518. The maximum absolute atomic E-state index is 11.8. The number of carbonyl (C=O) groups is 1. The molecule has 0 spiro atoms. The Labute approximate surface area is 117 Å². The second kappa shape index (κ2) is 7.73. The smallest absolute Gasteiger partial charge is 0.407 e. The van der Waals surface area contributed by atoms with E-state index in [0.717, 1.165) is 6.42 Å². The first-order chi connectivity index (χ1) is 8.51. The van der Waals surface area contributed by atoms with Crippen molar-refractivity contribution in [3.8, 4) is 0 Å². The van der Waals surface area contributed by atoms with Crippen molar-refractivity contribution >= 4 is 6.09 Å². The van der Waals surface area contributed by atoms with E-state index in [1.807, 2.05) is 20.8 Å². The molecule has 0 fully saturated rings. The van der Waals surface area contributed by atoms with Crippen molar-refractivity contribution in [2.75, 3.05) is 0 Å². The molecular weight excluding hydrogens is 242 g/mol. The van der Waals surface area contributed by atoms with Gasteiger partial charge in [0.15, 0.2) is 0 Å². The minimum absolute atomic E-state index is 0.253. The van der Waals surface area contributed by atoms with Crippen LogP contribution in [0.1, 0.15) is 61.3 Å². The van der Waals surface area contributed by atoms with Gasteiger partial charge in [0.1, 0.15) is 5.60 Å². The summed E-state index contributed by atoms with van der Waals surface area (Å²) in [5, 5.41) is 13.0. The molecular formula is C15H31NO3. The van der Waals surface area contributed by atoms with E-state index in [1.165, 1.54) is 0 Å². The fraction of sp³-hybridized carbons (Fsp3) is 0.933. The Kier molecular flexibility index (Phi) is 7.42. The van der Waals surface area contributed by atoms with Gasteiger partial charge in [-0.15, -0.1) is 0 Å². The molecule has 0 aliphatic carbocycles. The third kappa shape index (κ3) is 9.77. The highest BCUT2D eigenvalue weighted by Gasteiger charge is 2.25. The van der Waals surface area contributed by atoms with Crippen LogP contribution in [0.15, 0.2) is 0 Å². The fourth-order valence-corrected chi connectivity index (χ4v) is 1.93. The molecule has 4 heteroatoms. The molecule has 0 radical (unpaired) electrons. The number of hydrogen-bond acceptors (Lipinski definition) is 3. The van der Waals surface area contributed by atoms with E-state index >= 15 is 0 Å². The van der Waals surface area contributed by atoms with E-state index < -0.39 is 17.8 Å². The lowest BCUT2D eigenvalue weighted by molar-refractivity contribution is 0.0376. The topological polar surface area (TPSA) is 58.6 Å². The van der Waals surface area contributed by atoms with Crippen LogP contribution >= 0.6 is 0 Å². The monoisotopic (exact) mass is 273 g/mol. The molecule has 0 aliphatic rings. The van der Waals surface area contributed by atoms with Gasteiger partial charge < -0.3 is 15.2 Å². The van der Waals surface area contributed by atoms with Gasteiger partial charge in [0, 0.05) is 0 Å². The number of alkyl carbamates (subject to hydrolysis) is 1. The van der Waals surface area contributed by atoms with Crippen LogP contribution in [0.2, 0.25) is 0 Å². The van der Waals surface area contributed by atoms with Crippen LogP contribution in [-0.2, 0) is 4.74 Å². The van der Waals surface area contributed by atoms with Crippen LogP contribution in [0.4, 0.5) is 4.79 Å². The van der Waals surface area contributed by atoms with E-state index in [0.29, 0.717) is 18.3 Å². The first-order valence-electron chi connectivity index (χ1n) is 7.18. The zero-order valence-electron chi connectivity index (χ0n) is 13.5. The standard InChI is InChI=1S/C15H31NO3/c1-10(2)8-12(13(17)9-11(3)4)16-14(18)19-15(5,6)7/h10-13,17H,8-9H2,1-7H3,(H,16,18)/t12-,13+/m0/s1. The molecule has 0 rings (SSSR count). The molecule has 4 nitrogen and oxygen atoms in total. The predicted molar refractivity (Wildman–Crippen MR) is 78.1 cm³/mol. The normalized spacial score (nSPS) is 15.5. The molecule has 2 atom stereocenters. The lowest BCUT2D eigenvalue weighted by atomic mass is 9.94. The number of carbonyl (C=O) groups excluding carboxylic acids is 1. The van der Waals surface area contributed by atoms with Crippen LogP contribution < -0.4 is 5.32 Å². The molecule has 0 aromatic carbocycles. The molecule has 0 bridgehead atoms. The summed E-state index contributed by atoms with van der Waals surface area (Å²) in [4.78, 5) is 11.8. The Morgan fingerprint density at radius 1 is 1.11 bits per heavy atom. The van der Waals surface area contributed by atoms with Crippen molar-refractivity contribution < 1.29 is 14.6 Å². The van der Waals surface area contributed by atoms with Gasteiger partial charge in [-0.2, -0.15) is 0 Å². The molecule has 0 aliphatic heterocycles. The lowest BCUT2D eigenvalue weighted by Crippen LogP contribution is -2.46. The van der Waals surface area contributed by atoms with E-state index in [9.17, 15) is 9.90 Å². The summed E-state index contributed by atoms with van der Waals surface area (Å²) < 4.78 is 5.24. The van der Waals surface area contributed by atoms with Crippen molar-refractivity contribution in [2.45, 2.75) is 79.1 Å². The minimum atomic E-state index is -0.532. The van der Waals surface area contributed by atoms with E-state index in [4.69, 9.17) is 4.74 Å². The Morgan fingerprint density at radius 3 is 1.95 bits per heavy atom. The second-order valence-corrected chi connectivity index (χ2v) is 7.08. The van der Waals surface area contributed by atoms with E-state index in [2.05, 4.69) is 33.0 Å². The summed E-state index contributed by atoms with van der Waals surface area (Å²) >= 11 is 0. The Balaban J connectivity index is 4.54. The van der Waals surface area contributed by atoms with Gasteiger partial charge in [-0.05, 0) is 45.4 Å². The van der Waals surface area contributed by atoms with Gasteiger partial charge >= 0.3 is 6.09 Å². The molecule has 0 aromatic heterocycles. The zero-order valence-corrected chi connectivity index (χ0v) is 13.5. The van der Waals surface area contributed by atoms with Crippen molar-refractivity contribution in [3.05, 3.63) is 0 Å². The maximum atomic E-state index is 11.8. The fourth-order valence-electron chi connectivity index (χ4n) is 1.93. The van der Waals surface area contributed by atoms with Crippen LogP contribution in [0.3, 0.4) is 0 Å². The SMILES string of the molecule is CC(C)C[C@@H](O)[C@H](CC(C)C)NC(=O)OC(C)(C)C. The zero-order chi connectivity index (χ0) is 15.2. The molecule has 1 amide bonds. The molecule has 2 N–H and O–H groups in total. The van der Waals surface area contributed by atoms with Crippen molar-refractivity contribution in [2.24, 2.45) is 11.8 Å². The number of rotatable bonds is 6. The predicted octanol–water partition coefficient (Wildman–Crippen LogP) is 3.33. The quantitative estimate of drug-likeness (QED) is 0.780. The van der Waals surface area contributed by atoms with Crippen LogP contribution in [0.25, 0.3) is 0 Å². The molecule has 0 saturated carbocycles. The van der Waals surface area contributed by atoms with Crippen molar-refractivity contribution in [1.82, 2.24) is 5.32 Å². The van der Waals surface area contributed by atoms with Gasteiger partial charge in [0.05, 0.1) is 12.1 Å². The van der Waals surface area contributed by atoms with E-state index in [-0.39, 0.29) is 6.04 Å². The first-order valence-corrected chi connectivity index (χ1v) is 7.18. The number of amides is 1. The van der Waals surface area contributed by atoms with Gasteiger partial charge in [-0.1, -0.05) is 27.7 Å². The highest BCUT2D eigenvalue weighted by Crippen LogP contribution is 2.16. The highest BCUT2D eigenvalue weighted by molar-refractivity contribution is 5.68. The van der Waals surface area contributed by atoms with E-state index in [1.54, 1.807) is 0 Å². The van der Waals surface area contributed by atoms with Gasteiger partial charge in [-0.25, -0.2) is 4.79 Å². The maximum Gasteiger partial charge on any atom is 0.407 e. The number of hydrogen-bond donors (Lipinski definition) is 2. The largest absolute Gasteiger partial charge is 0.444 e. The third-order valence-electron chi connectivity index (χ3n) is 2.60.